The standard InChI is InChI=1S/C32H32ClN7O4/c1-2-39-20-35-15-25(39)17-40-28-13-22(32(41)42)3-5-27(28)37-30(40)18-38-9-7-21(8-10-38)11-26-16-36-31(44-26)19-43-29-6-4-24(33)12-23(29)14-34/h3-6,12-13,15-16,20-21H,2,7-11,17-19H2,1H3,(H,41,42). The Morgan fingerprint density at radius 1 is 1.18 bits per heavy atom. The third kappa shape index (κ3) is 6.46. The molecule has 226 valence electrons. The van der Waals surface area contributed by atoms with Gasteiger partial charge in [-0.1, -0.05) is 11.6 Å². The van der Waals surface area contributed by atoms with Crippen LogP contribution < -0.4 is 4.74 Å². The van der Waals surface area contributed by atoms with Crippen molar-refractivity contribution in [2.24, 2.45) is 5.92 Å². The molecule has 1 saturated heterocycles. The Morgan fingerprint density at radius 3 is 2.80 bits per heavy atom. The van der Waals surface area contributed by atoms with Crippen molar-refractivity contribution >= 4 is 28.6 Å². The van der Waals surface area contributed by atoms with Crippen molar-refractivity contribution in [3.05, 3.63) is 94.4 Å². The number of hydrogen-bond donors (Lipinski definition) is 1. The number of ether oxygens (including phenoxy) is 1. The number of likely N-dealkylation sites (tertiary alicyclic amines) is 1. The van der Waals surface area contributed by atoms with Crippen LogP contribution in [0.25, 0.3) is 11.0 Å². The number of rotatable bonds is 11. The van der Waals surface area contributed by atoms with E-state index in [0.29, 0.717) is 41.2 Å². The van der Waals surface area contributed by atoms with Gasteiger partial charge in [0.1, 0.15) is 23.4 Å². The van der Waals surface area contributed by atoms with Crippen LogP contribution in [0.5, 0.6) is 5.75 Å². The van der Waals surface area contributed by atoms with Crippen molar-refractivity contribution in [3.63, 3.8) is 0 Å². The molecule has 11 nitrogen and oxygen atoms in total. The van der Waals surface area contributed by atoms with Crippen molar-refractivity contribution in [1.82, 2.24) is 29.0 Å². The monoisotopic (exact) mass is 613 g/mol. The predicted octanol–water partition coefficient (Wildman–Crippen LogP) is 5.55. The maximum Gasteiger partial charge on any atom is 0.335 e. The first-order chi connectivity index (χ1) is 21.4. The minimum absolute atomic E-state index is 0.128. The topological polar surface area (TPSA) is 135 Å². The molecular formula is C32H32ClN7O4. The fraction of sp³-hybridized carbons (Fsp3) is 0.344. The van der Waals surface area contributed by atoms with Crippen LogP contribution in [0.2, 0.25) is 5.02 Å². The molecule has 3 aromatic heterocycles. The van der Waals surface area contributed by atoms with Gasteiger partial charge >= 0.3 is 5.97 Å². The Hall–Kier alpha value is -4.66. The largest absolute Gasteiger partial charge is 0.482 e. The molecule has 44 heavy (non-hydrogen) atoms. The Kier molecular flexibility index (Phi) is 8.63. The van der Waals surface area contributed by atoms with E-state index in [1.807, 2.05) is 12.5 Å². The van der Waals surface area contributed by atoms with Gasteiger partial charge in [0.25, 0.3) is 0 Å². The average Bonchev–Trinajstić information content (AvgIpc) is 3.76. The molecule has 0 unspecified atom stereocenters. The number of carbonyl (C=O) groups is 1. The molecule has 0 atom stereocenters. The summed E-state index contributed by atoms with van der Waals surface area (Å²) >= 11 is 5.97. The summed E-state index contributed by atoms with van der Waals surface area (Å²) in [5.74, 6) is 2.14. The second kappa shape index (κ2) is 12.9. The smallest absolute Gasteiger partial charge is 0.335 e. The van der Waals surface area contributed by atoms with E-state index in [9.17, 15) is 15.2 Å². The summed E-state index contributed by atoms with van der Waals surface area (Å²) in [6.07, 6.45) is 8.24. The summed E-state index contributed by atoms with van der Waals surface area (Å²) in [5.41, 5.74) is 3.25. The number of hydrogen-bond acceptors (Lipinski definition) is 8. The number of aromatic nitrogens is 5. The lowest BCUT2D eigenvalue weighted by Gasteiger charge is -2.31. The van der Waals surface area contributed by atoms with Crippen molar-refractivity contribution < 1.29 is 19.1 Å². The molecule has 1 aliphatic rings. The molecule has 0 saturated carbocycles. The summed E-state index contributed by atoms with van der Waals surface area (Å²) in [4.78, 5) is 27.7. The number of piperidine rings is 1. The molecule has 0 radical (unpaired) electrons. The molecule has 0 aliphatic carbocycles. The van der Waals surface area contributed by atoms with E-state index in [0.717, 1.165) is 67.2 Å². The zero-order chi connectivity index (χ0) is 30.6. The lowest BCUT2D eigenvalue weighted by atomic mass is 9.93. The molecule has 0 bridgehead atoms. The van der Waals surface area contributed by atoms with E-state index < -0.39 is 5.97 Å². The number of aryl methyl sites for hydroxylation is 1. The van der Waals surface area contributed by atoms with E-state index in [1.54, 1.807) is 42.6 Å². The van der Waals surface area contributed by atoms with Crippen LogP contribution in [0, 0.1) is 17.2 Å². The second-order valence-corrected chi connectivity index (χ2v) is 11.4. The Morgan fingerprint density at radius 2 is 2.02 bits per heavy atom. The zero-order valence-corrected chi connectivity index (χ0v) is 25.1. The van der Waals surface area contributed by atoms with Crippen molar-refractivity contribution in [1.29, 1.82) is 5.26 Å². The number of oxazole rings is 1. The molecule has 12 heteroatoms. The van der Waals surface area contributed by atoms with Crippen molar-refractivity contribution in [2.75, 3.05) is 13.1 Å². The summed E-state index contributed by atoms with van der Waals surface area (Å²) < 4.78 is 15.9. The molecule has 4 heterocycles. The quantitative estimate of drug-likeness (QED) is 0.203. The highest BCUT2D eigenvalue weighted by Gasteiger charge is 2.24. The van der Waals surface area contributed by atoms with Gasteiger partial charge in [-0.25, -0.2) is 19.7 Å². The lowest BCUT2D eigenvalue weighted by Crippen LogP contribution is -2.34. The van der Waals surface area contributed by atoms with E-state index in [1.165, 1.54) is 0 Å². The van der Waals surface area contributed by atoms with E-state index in [4.69, 9.17) is 25.7 Å². The molecule has 1 N–H and O–H groups in total. The predicted molar refractivity (Wildman–Crippen MR) is 162 cm³/mol. The first kappa shape index (κ1) is 29.4. The van der Waals surface area contributed by atoms with Crippen molar-refractivity contribution in [2.45, 2.75) is 52.4 Å². The van der Waals surface area contributed by atoms with Crippen LogP contribution in [0.3, 0.4) is 0 Å². The maximum absolute atomic E-state index is 11.7. The number of carboxylic acids is 1. The van der Waals surface area contributed by atoms with Crippen LogP contribution in [0.15, 0.2) is 59.5 Å². The van der Waals surface area contributed by atoms with Gasteiger partial charge < -0.3 is 23.4 Å². The summed E-state index contributed by atoms with van der Waals surface area (Å²) in [6, 6.07) is 12.1. The number of nitriles is 1. The molecule has 0 spiro atoms. The van der Waals surface area contributed by atoms with Crippen molar-refractivity contribution in [3.8, 4) is 11.8 Å². The number of nitrogens with zero attached hydrogens (tertiary/aromatic N) is 7. The highest BCUT2D eigenvalue weighted by Crippen LogP contribution is 2.27. The number of imidazole rings is 2. The molecule has 1 aliphatic heterocycles. The molecule has 6 rings (SSSR count). The Labute approximate surface area is 259 Å². The van der Waals surface area contributed by atoms with Gasteiger partial charge in [-0.05, 0) is 75.2 Å². The summed E-state index contributed by atoms with van der Waals surface area (Å²) in [5, 5.41) is 19.4. The average molecular weight is 614 g/mol. The van der Waals surface area contributed by atoms with Gasteiger partial charge in [0, 0.05) is 24.2 Å². The Balaban J connectivity index is 1.08. The van der Waals surface area contributed by atoms with Crippen LogP contribution in [0.4, 0.5) is 0 Å². The number of fused-ring (bicyclic) bond motifs is 1. The number of benzene rings is 2. The van der Waals surface area contributed by atoms with E-state index >= 15 is 0 Å². The van der Waals surface area contributed by atoms with Crippen LogP contribution in [0.1, 0.15) is 58.9 Å². The number of halogens is 1. The van der Waals surface area contributed by atoms with Gasteiger partial charge in [0.05, 0.1) is 53.5 Å². The molecule has 1 fully saturated rings. The summed E-state index contributed by atoms with van der Waals surface area (Å²) in [6.45, 7) is 6.07. The SMILES string of the molecule is CCn1cncc1Cn1c(CN2CCC(Cc3cnc(COc4ccc(Cl)cc4C#N)o3)CC2)nc2ccc(C(=O)O)cc21. The molecule has 2 aromatic carbocycles. The van der Waals surface area contributed by atoms with Crippen LogP contribution in [-0.2, 0) is 32.7 Å². The highest BCUT2D eigenvalue weighted by molar-refractivity contribution is 6.30. The first-order valence-electron chi connectivity index (χ1n) is 14.6. The minimum atomic E-state index is -0.956. The van der Waals surface area contributed by atoms with Crippen LogP contribution in [-0.4, -0.2) is 53.2 Å². The molecular weight excluding hydrogens is 582 g/mol. The Bertz CT molecular complexity index is 1830. The van der Waals surface area contributed by atoms with Gasteiger partial charge in [-0.2, -0.15) is 5.26 Å². The van der Waals surface area contributed by atoms with Gasteiger partial charge in [0.15, 0.2) is 6.61 Å². The normalized spacial score (nSPS) is 14.2. The first-order valence-corrected chi connectivity index (χ1v) is 15.0. The fourth-order valence-electron chi connectivity index (χ4n) is 5.73. The minimum Gasteiger partial charge on any atom is -0.482 e. The fourth-order valence-corrected chi connectivity index (χ4v) is 5.90. The lowest BCUT2D eigenvalue weighted by molar-refractivity contribution is 0.0697. The van der Waals surface area contributed by atoms with E-state index in [2.05, 4.69) is 37.0 Å². The van der Waals surface area contributed by atoms with Gasteiger partial charge in [-0.15, -0.1) is 0 Å². The zero-order valence-electron chi connectivity index (χ0n) is 24.3. The van der Waals surface area contributed by atoms with Gasteiger partial charge in [0.2, 0.25) is 5.89 Å². The third-order valence-electron chi connectivity index (χ3n) is 8.11. The highest BCUT2D eigenvalue weighted by atomic mass is 35.5. The number of aromatic carboxylic acids is 1. The van der Waals surface area contributed by atoms with E-state index in [-0.39, 0.29) is 12.2 Å². The molecule has 5 aromatic rings. The summed E-state index contributed by atoms with van der Waals surface area (Å²) in [7, 11) is 0. The number of carboxylic acid groups (broad SMARTS) is 1. The third-order valence-corrected chi connectivity index (χ3v) is 8.35. The van der Waals surface area contributed by atoms with Gasteiger partial charge in [-0.3, -0.25) is 4.90 Å². The second-order valence-electron chi connectivity index (χ2n) is 11.0. The molecule has 0 amide bonds. The maximum atomic E-state index is 11.7. The van der Waals surface area contributed by atoms with Crippen LogP contribution >= 0.6 is 11.6 Å².